The Morgan fingerprint density at radius 1 is 1.14 bits per heavy atom. The molecule has 3 rings (SSSR count). The van der Waals surface area contributed by atoms with E-state index in [2.05, 4.69) is 17.2 Å². The van der Waals surface area contributed by atoms with Gasteiger partial charge in [0.25, 0.3) is 0 Å². The van der Waals surface area contributed by atoms with Crippen molar-refractivity contribution in [2.24, 2.45) is 0 Å². The second-order valence-electron chi connectivity index (χ2n) is 6.54. The highest BCUT2D eigenvalue weighted by Crippen LogP contribution is 2.21. The molecule has 152 valence electrons. The van der Waals surface area contributed by atoms with E-state index in [1.165, 1.54) is 17.3 Å². The molecule has 3 aromatic rings. The van der Waals surface area contributed by atoms with E-state index in [9.17, 15) is 9.90 Å². The fraction of sp³-hybridized carbons (Fsp3) is 0.273. The number of aliphatic hydroxyl groups excluding tert-OH is 1. The average molecular weight is 412 g/mol. The van der Waals surface area contributed by atoms with E-state index in [0.717, 1.165) is 23.4 Å². The number of aryl methyl sites for hydroxylation is 1. The van der Waals surface area contributed by atoms with Gasteiger partial charge in [-0.3, -0.25) is 4.79 Å². The summed E-state index contributed by atoms with van der Waals surface area (Å²) in [6.45, 7) is 2.55. The maximum Gasteiger partial charge on any atom is 0.234 e. The van der Waals surface area contributed by atoms with Gasteiger partial charge in [0, 0.05) is 18.4 Å². The number of thioether (sulfide) groups is 1. The molecular weight excluding hydrogens is 386 g/mol. The van der Waals surface area contributed by atoms with Crippen LogP contribution in [0.2, 0.25) is 0 Å². The van der Waals surface area contributed by atoms with E-state index in [4.69, 9.17) is 4.74 Å². The molecule has 0 radical (unpaired) electrons. The molecule has 0 saturated heterocycles. The molecule has 0 atom stereocenters. The summed E-state index contributed by atoms with van der Waals surface area (Å²) in [6.07, 6.45) is 2.78. The Labute approximate surface area is 174 Å². The van der Waals surface area contributed by atoms with E-state index in [0.29, 0.717) is 17.4 Å². The largest absolute Gasteiger partial charge is 0.497 e. The predicted molar refractivity (Wildman–Crippen MR) is 115 cm³/mol. The zero-order chi connectivity index (χ0) is 20.6. The summed E-state index contributed by atoms with van der Waals surface area (Å²) in [7, 11) is 1.64. The molecule has 0 aliphatic carbocycles. The van der Waals surface area contributed by atoms with Gasteiger partial charge in [-0.25, -0.2) is 4.98 Å². The first-order valence-corrected chi connectivity index (χ1v) is 10.4. The van der Waals surface area contributed by atoms with Crippen LogP contribution in [0.25, 0.3) is 0 Å². The highest BCUT2D eigenvalue weighted by Gasteiger charge is 2.12. The summed E-state index contributed by atoms with van der Waals surface area (Å²) >= 11 is 1.35. The summed E-state index contributed by atoms with van der Waals surface area (Å²) in [4.78, 5) is 16.8. The highest BCUT2D eigenvalue weighted by atomic mass is 32.2. The summed E-state index contributed by atoms with van der Waals surface area (Å²) < 4.78 is 7.14. The van der Waals surface area contributed by atoms with Crippen LogP contribution < -0.4 is 10.1 Å². The fourth-order valence-electron chi connectivity index (χ4n) is 2.83. The number of rotatable bonds is 9. The molecule has 0 unspecified atom stereocenters. The first-order valence-electron chi connectivity index (χ1n) is 9.42. The van der Waals surface area contributed by atoms with Gasteiger partial charge < -0.3 is 19.7 Å². The van der Waals surface area contributed by atoms with Crippen LogP contribution in [0, 0.1) is 0 Å². The molecule has 29 heavy (non-hydrogen) atoms. The topological polar surface area (TPSA) is 76.4 Å². The number of benzene rings is 2. The van der Waals surface area contributed by atoms with Crippen LogP contribution >= 0.6 is 11.8 Å². The van der Waals surface area contributed by atoms with Gasteiger partial charge in [0.1, 0.15) is 5.75 Å². The lowest BCUT2D eigenvalue weighted by molar-refractivity contribution is -0.113. The van der Waals surface area contributed by atoms with Gasteiger partial charge in [-0.15, -0.1) is 0 Å². The highest BCUT2D eigenvalue weighted by molar-refractivity contribution is 7.99. The fourth-order valence-corrected chi connectivity index (χ4v) is 3.63. The Morgan fingerprint density at radius 2 is 1.83 bits per heavy atom. The second-order valence-corrected chi connectivity index (χ2v) is 7.48. The third kappa shape index (κ3) is 5.85. The van der Waals surface area contributed by atoms with Crippen molar-refractivity contribution < 1.29 is 14.6 Å². The maximum atomic E-state index is 12.3. The molecule has 0 saturated carbocycles. The Hall–Kier alpha value is -2.77. The van der Waals surface area contributed by atoms with E-state index in [1.807, 2.05) is 59.3 Å². The van der Waals surface area contributed by atoms with E-state index < -0.39 is 0 Å². The number of anilines is 1. The Balaban J connectivity index is 1.63. The Bertz CT molecular complexity index is 937. The molecule has 0 aliphatic heterocycles. The van der Waals surface area contributed by atoms with Crippen molar-refractivity contribution in [1.29, 1.82) is 0 Å². The van der Waals surface area contributed by atoms with Gasteiger partial charge in [0.15, 0.2) is 5.16 Å². The number of carbonyl (C=O) groups is 1. The third-order valence-corrected chi connectivity index (χ3v) is 5.43. The van der Waals surface area contributed by atoms with Crippen LogP contribution in [-0.4, -0.2) is 33.4 Å². The SMILES string of the molecule is CCc1ccc(NC(=O)CSc2nc(CO)cn2Cc2ccc(OC)cc2)cc1. The molecule has 1 heterocycles. The predicted octanol–water partition coefficient (Wildman–Crippen LogP) is 3.73. The van der Waals surface area contributed by atoms with Crippen molar-refractivity contribution in [3.63, 3.8) is 0 Å². The standard InChI is InChI=1S/C22H25N3O3S/c1-3-16-4-8-18(9-5-16)23-21(27)15-29-22-24-19(14-26)13-25(22)12-17-6-10-20(28-2)11-7-17/h4-11,13,26H,3,12,14-15H2,1-2H3,(H,23,27). The molecular formula is C22H25N3O3S. The second kappa shape index (κ2) is 10.1. The number of amides is 1. The smallest absolute Gasteiger partial charge is 0.234 e. The minimum Gasteiger partial charge on any atom is -0.497 e. The van der Waals surface area contributed by atoms with Crippen LogP contribution in [0.3, 0.4) is 0 Å². The van der Waals surface area contributed by atoms with Crippen LogP contribution in [0.1, 0.15) is 23.7 Å². The molecule has 0 spiro atoms. The third-order valence-electron chi connectivity index (χ3n) is 4.44. The summed E-state index contributed by atoms with van der Waals surface area (Å²) in [5, 5.41) is 13.0. The first-order chi connectivity index (χ1) is 14.1. The van der Waals surface area contributed by atoms with E-state index in [-0.39, 0.29) is 18.3 Å². The number of nitrogens with zero attached hydrogens (tertiary/aromatic N) is 2. The van der Waals surface area contributed by atoms with Crippen molar-refractivity contribution in [3.8, 4) is 5.75 Å². The van der Waals surface area contributed by atoms with Crippen molar-refractivity contribution in [3.05, 3.63) is 71.5 Å². The Morgan fingerprint density at radius 3 is 2.45 bits per heavy atom. The van der Waals surface area contributed by atoms with Gasteiger partial charge in [0.2, 0.25) is 5.91 Å². The van der Waals surface area contributed by atoms with Crippen LogP contribution in [0.5, 0.6) is 5.75 Å². The van der Waals surface area contributed by atoms with Gasteiger partial charge in [-0.2, -0.15) is 0 Å². The lowest BCUT2D eigenvalue weighted by Crippen LogP contribution is -2.14. The number of ether oxygens (including phenoxy) is 1. The number of imidazole rings is 1. The quantitative estimate of drug-likeness (QED) is 0.525. The van der Waals surface area contributed by atoms with Crippen molar-refractivity contribution in [2.45, 2.75) is 31.7 Å². The number of hydrogen-bond donors (Lipinski definition) is 2. The summed E-state index contributed by atoms with van der Waals surface area (Å²) in [5.74, 6) is 0.942. The van der Waals surface area contributed by atoms with Crippen molar-refractivity contribution in [1.82, 2.24) is 9.55 Å². The molecule has 2 N–H and O–H groups in total. The molecule has 7 heteroatoms. The van der Waals surface area contributed by atoms with Crippen molar-refractivity contribution in [2.75, 3.05) is 18.2 Å². The lowest BCUT2D eigenvalue weighted by Gasteiger charge is -2.09. The number of methoxy groups -OCH3 is 1. The number of nitrogens with one attached hydrogen (secondary N) is 1. The number of hydrogen-bond acceptors (Lipinski definition) is 5. The number of aliphatic hydroxyl groups is 1. The van der Waals surface area contributed by atoms with Crippen LogP contribution in [0.15, 0.2) is 59.9 Å². The minimum atomic E-state index is -0.140. The summed E-state index contributed by atoms with van der Waals surface area (Å²) in [5.41, 5.74) is 3.67. The molecule has 0 fully saturated rings. The van der Waals surface area contributed by atoms with Crippen molar-refractivity contribution >= 4 is 23.4 Å². The zero-order valence-corrected chi connectivity index (χ0v) is 17.4. The number of carbonyl (C=O) groups excluding carboxylic acids is 1. The summed E-state index contributed by atoms with van der Waals surface area (Å²) in [6, 6.07) is 15.6. The van der Waals surface area contributed by atoms with Gasteiger partial charge in [-0.05, 0) is 41.8 Å². The molecule has 2 aromatic carbocycles. The average Bonchev–Trinajstić information content (AvgIpc) is 3.15. The van der Waals surface area contributed by atoms with Gasteiger partial charge >= 0.3 is 0 Å². The van der Waals surface area contributed by atoms with E-state index in [1.54, 1.807) is 7.11 Å². The first kappa shape index (κ1) is 21.0. The Kier molecular flexibility index (Phi) is 7.32. The normalized spacial score (nSPS) is 10.7. The van der Waals surface area contributed by atoms with Crippen LogP contribution in [-0.2, 0) is 24.4 Å². The van der Waals surface area contributed by atoms with Gasteiger partial charge in [0.05, 0.1) is 25.2 Å². The number of aromatic nitrogens is 2. The minimum absolute atomic E-state index is 0.0937. The molecule has 6 nitrogen and oxygen atoms in total. The zero-order valence-electron chi connectivity index (χ0n) is 16.6. The monoisotopic (exact) mass is 411 g/mol. The van der Waals surface area contributed by atoms with Crippen LogP contribution in [0.4, 0.5) is 5.69 Å². The van der Waals surface area contributed by atoms with Gasteiger partial charge in [-0.1, -0.05) is 43.0 Å². The molecule has 1 amide bonds. The molecule has 0 bridgehead atoms. The maximum absolute atomic E-state index is 12.3. The molecule has 0 aliphatic rings. The lowest BCUT2D eigenvalue weighted by atomic mass is 10.1. The van der Waals surface area contributed by atoms with E-state index >= 15 is 0 Å². The molecule has 1 aromatic heterocycles.